The van der Waals surface area contributed by atoms with E-state index in [2.05, 4.69) is 279 Å². The van der Waals surface area contributed by atoms with E-state index in [4.69, 9.17) is 0 Å². The van der Waals surface area contributed by atoms with Crippen LogP contribution < -0.4 is 14.7 Å². The number of allylic oxidation sites excluding steroid dienone is 3. The van der Waals surface area contributed by atoms with Crippen molar-refractivity contribution < 1.29 is 29.1 Å². The molecule has 0 aliphatic carbocycles. The van der Waals surface area contributed by atoms with Gasteiger partial charge in [-0.25, -0.2) is 0 Å². The van der Waals surface area contributed by atoms with E-state index in [9.17, 15) is 14.4 Å². The zero-order valence-electron chi connectivity index (χ0n) is 62.0. The lowest BCUT2D eigenvalue weighted by molar-refractivity contribution is -0.858. The van der Waals surface area contributed by atoms with Gasteiger partial charge < -0.3 is 51.7 Å². The van der Waals surface area contributed by atoms with E-state index in [1.807, 2.05) is 20.8 Å². The predicted octanol–water partition coefficient (Wildman–Crippen LogP) is 14.8. The van der Waals surface area contributed by atoms with Crippen molar-refractivity contribution in [3.63, 3.8) is 0 Å². The van der Waals surface area contributed by atoms with E-state index >= 15 is 0 Å². The highest BCUT2D eigenvalue weighted by atomic mass is 16.2. The summed E-state index contributed by atoms with van der Waals surface area (Å²) in [7, 11) is 12.9. The fourth-order valence-corrected chi connectivity index (χ4v) is 15.4. The van der Waals surface area contributed by atoms with Crippen LogP contribution in [0.5, 0.6) is 0 Å². The Morgan fingerprint density at radius 3 is 0.823 bits per heavy atom. The van der Waals surface area contributed by atoms with E-state index in [1.165, 1.54) is 48.1 Å². The lowest BCUT2D eigenvalue weighted by atomic mass is 9.71. The first kappa shape index (κ1) is 81.3. The molecule has 9 rings (SSSR count). The van der Waals surface area contributed by atoms with Crippen LogP contribution in [-0.4, -0.2) is 114 Å². The molecule has 0 spiro atoms. The van der Waals surface area contributed by atoms with Crippen LogP contribution in [0.3, 0.4) is 0 Å². The van der Waals surface area contributed by atoms with Gasteiger partial charge in [-0.15, -0.1) is 0 Å². The number of nitrogens with one attached hydrogen (secondary N) is 3. The Balaban J connectivity index is 0.000000312. The summed E-state index contributed by atoms with van der Waals surface area (Å²) in [5.41, 5.74) is 11.0. The van der Waals surface area contributed by atoms with Crippen LogP contribution >= 0.6 is 0 Å². The molecule has 3 amide bonds. The Morgan fingerprint density at radius 2 is 0.562 bits per heavy atom. The maximum Gasteiger partial charge on any atom is 0.231 e. The fourth-order valence-electron chi connectivity index (χ4n) is 15.4. The molecule has 96 heavy (non-hydrogen) atoms. The molecule has 12 unspecified atom stereocenters. The second-order valence-electron chi connectivity index (χ2n) is 28.1. The van der Waals surface area contributed by atoms with Gasteiger partial charge in [0, 0.05) is 73.7 Å². The van der Waals surface area contributed by atoms with Gasteiger partial charge in [0.2, 0.25) is 17.7 Å². The molecule has 9 heteroatoms. The normalized spacial score (nSPS) is 20.3. The molecule has 3 aliphatic rings. The highest BCUT2D eigenvalue weighted by Gasteiger charge is 2.48. The summed E-state index contributed by atoms with van der Waals surface area (Å²) >= 11 is 0. The standard InChI is InChI=1S/C36H46N2O.C28H38N2O.C20H30N2O.3CH3/c1-6-29(30-17-10-7-11-18-30)25-33(31-19-12-8-13-20-31)26-34(32-21-14-9-15-22-32)35-27(2)28(3)38(36(35)39)24-16-23-37(4)5;1-6-23(24-14-9-7-10-15-24)20-26(25-16-11-8-12-17-25)27-21(2)22(3)30(28(27)31)19-13-18-29(4)5;1-6-18(17-11-8-7-9-12-17)19-15(2)16(3)22(20(19)23)14-10-13-21(4)5;;;/h7-15,17-22,27,29,33-35H,3,6,16,23-26H2,1-2,4-5H3;7-12,14-17,21,23,26-27H,3,6,13,18-20H2,1-2,4-5H3;7-9,11-12,15,18-19H,3,6,10,13-14H2,1-2,4-5H3;3*1H3/q;;;3*-1/p+3. The van der Waals surface area contributed by atoms with E-state index in [0.29, 0.717) is 17.8 Å². The van der Waals surface area contributed by atoms with Crippen LogP contribution in [0.2, 0.25) is 0 Å². The van der Waals surface area contributed by atoms with Crippen molar-refractivity contribution in [2.24, 2.45) is 35.5 Å². The first-order chi connectivity index (χ1) is 44.8. The molecule has 12 atom stereocenters. The molecule has 6 aromatic carbocycles. The van der Waals surface area contributed by atoms with E-state index in [0.717, 1.165) is 114 Å². The number of rotatable bonds is 30. The van der Waals surface area contributed by atoms with Crippen molar-refractivity contribution in [3.05, 3.63) is 274 Å². The molecule has 3 saturated heterocycles. The van der Waals surface area contributed by atoms with Crippen LogP contribution in [0.15, 0.2) is 219 Å². The zero-order valence-corrected chi connectivity index (χ0v) is 62.0. The number of amides is 3. The molecular weight excluding hydrogens is 1180 g/mol. The van der Waals surface area contributed by atoms with Crippen molar-refractivity contribution in [1.29, 1.82) is 0 Å². The number of carbonyl (C=O) groups excluding carboxylic acids is 3. The maximum absolute atomic E-state index is 14.1. The summed E-state index contributed by atoms with van der Waals surface area (Å²) < 4.78 is 0. The molecule has 6 aromatic rings. The number of quaternary nitrogens is 3. The third-order valence-corrected chi connectivity index (χ3v) is 20.9. The number of carbonyl (C=O) groups is 3. The number of hydrogen-bond donors (Lipinski definition) is 3. The predicted molar refractivity (Wildman–Crippen MR) is 406 cm³/mol. The summed E-state index contributed by atoms with van der Waals surface area (Å²) in [6, 6.07) is 64.6. The Labute approximate surface area is 584 Å². The number of benzene rings is 6. The molecule has 522 valence electrons. The average Bonchev–Trinajstić information content (AvgIpc) is 1.67. The second kappa shape index (κ2) is 40.5. The van der Waals surface area contributed by atoms with E-state index in [-0.39, 0.29) is 93.3 Å². The lowest BCUT2D eigenvalue weighted by Gasteiger charge is -2.31. The number of hydrogen-bond acceptors (Lipinski definition) is 3. The largest absolute Gasteiger partial charge is 0.358 e. The van der Waals surface area contributed by atoms with Gasteiger partial charge in [0.25, 0.3) is 0 Å². The van der Waals surface area contributed by atoms with E-state index < -0.39 is 0 Å². The maximum atomic E-state index is 14.1. The molecule has 3 aliphatic heterocycles. The first-order valence-corrected chi connectivity index (χ1v) is 35.5. The van der Waals surface area contributed by atoms with Gasteiger partial charge in [-0.2, -0.15) is 0 Å². The quantitative estimate of drug-likeness (QED) is 0.0394. The Kier molecular flexibility index (Phi) is 34.3. The molecule has 3 N–H and O–H groups in total. The number of nitrogens with zero attached hydrogens (tertiary/aromatic N) is 3. The fraction of sp³-hybridized carbons (Fsp3) is 0.448. The van der Waals surface area contributed by atoms with Gasteiger partial charge >= 0.3 is 0 Å². The topological polar surface area (TPSA) is 74.2 Å². The average molecular weight is 1300 g/mol. The third-order valence-electron chi connectivity index (χ3n) is 20.9. The van der Waals surface area contributed by atoms with Crippen molar-refractivity contribution >= 4 is 17.7 Å². The van der Waals surface area contributed by atoms with Gasteiger partial charge in [-0.1, -0.05) is 243 Å². The number of likely N-dealkylation sites (tertiary alicyclic amines) is 3. The van der Waals surface area contributed by atoms with Gasteiger partial charge in [-0.05, 0) is 107 Å². The molecule has 0 radical (unpaired) electrons. The Bertz CT molecular complexity index is 3230. The zero-order chi connectivity index (χ0) is 67.1. The molecule has 3 fully saturated rings. The summed E-state index contributed by atoms with van der Waals surface area (Å²) in [6.07, 6.45) is 9.16. The Morgan fingerprint density at radius 1 is 0.333 bits per heavy atom. The summed E-state index contributed by atoms with van der Waals surface area (Å²) in [5, 5.41) is 0. The molecule has 3 heterocycles. The lowest BCUT2D eigenvalue weighted by Crippen LogP contribution is -3.05. The van der Waals surface area contributed by atoms with Crippen LogP contribution in [0.4, 0.5) is 0 Å². The summed E-state index contributed by atoms with van der Waals surface area (Å²) in [4.78, 5) is 51.0. The SMILES string of the molecule is C=C1C(C)C(C(CC(CC(CC)c2ccccc2)c2ccccc2)c2ccccc2)C(=O)N1CCC[NH+](C)C.C=C1C(C)C(C(CC(CC)c2ccccc2)c2ccccc2)C(=O)N1CCC[NH+](C)C.C=C1C(C)C(C(CC)c2ccccc2)C(=O)N1CCC[NH+](C)C.[CH3-].[CH3-].[CH3-]. The minimum absolute atomic E-state index is 0. The van der Waals surface area contributed by atoms with Gasteiger partial charge in [0.15, 0.2) is 0 Å². The summed E-state index contributed by atoms with van der Waals surface area (Å²) in [5.74, 6) is 3.07. The van der Waals surface area contributed by atoms with Gasteiger partial charge in [-0.3, -0.25) is 14.4 Å². The first-order valence-electron chi connectivity index (χ1n) is 35.5. The summed E-state index contributed by atoms with van der Waals surface area (Å²) in [6.45, 7) is 31.8. The molecule has 0 bridgehead atoms. The molecule has 0 saturated carbocycles. The monoisotopic (exact) mass is 1300 g/mol. The van der Waals surface area contributed by atoms with Crippen molar-refractivity contribution in [1.82, 2.24) is 14.7 Å². The van der Waals surface area contributed by atoms with Gasteiger partial charge in [0.05, 0.1) is 79.7 Å². The molecule has 9 nitrogen and oxygen atoms in total. The van der Waals surface area contributed by atoms with Crippen molar-refractivity contribution in [3.8, 4) is 0 Å². The third kappa shape index (κ3) is 21.4. The van der Waals surface area contributed by atoms with Crippen LogP contribution in [0.1, 0.15) is 168 Å². The van der Waals surface area contributed by atoms with Crippen molar-refractivity contribution in [2.45, 2.75) is 135 Å². The van der Waals surface area contributed by atoms with Crippen LogP contribution in [0, 0.1) is 57.8 Å². The van der Waals surface area contributed by atoms with Crippen LogP contribution in [0.25, 0.3) is 0 Å². The highest BCUT2D eigenvalue weighted by Crippen LogP contribution is 2.50. The second-order valence-corrected chi connectivity index (χ2v) is 28.1. The minimum Gasteiger partial charge on any atom is -0.358 e. The van der Waals surface area contributed by atoms with E-state index in [1.54, 1.807) is 0 Å². The smallest absolute Gasteiger partial charge is 0.231 e. The molecule has 0 aromatic heterocycles. The van der Waals surface area contributed by atoms with Crippen LogP contribution in [-0.2, 0) is 14.4 Å². The highest BCUT2D eigenvalue weighted by molar-refractivity contribution is 5.87. The minimum atomic E-state index is -0.0883. The van der Waals surface area contributed by atoms with Crippen molar-refractivity contribution in [2.75, 3.05) is 81.6 Å². The van der Waals surface area contributed by atoms with Gasteiger partial charge in [0.1, 0.15) is 0 Å². The Hall–Kier alpha value is -7.17. The molecular formula is C87H126N6O3.